The second-order valence-electron chi connectivity index (χ2n) is 9.08. The summed E-state index contributed by atoms with van der Waals surface area (Å²) in [6.07, 6.45) is -0.553. The molecular weight excluding hydrogens is 490 g/mol. The van der Waals surface area contributed by atoms with E-state index in [1.54, 1.807) is 26.0 Å². The van der Waals surface area contributed by atoms with E-state index in [9.17, 15) is 27.1 Å². The van der Waals surface area contributed by atoms with Crippen LogP contribution in [0.15, 0.2) is 65.6 Å². The first kappa shape index (κ1) is 25.7. The molecule has 0 fully saturated rings. The molecule has 3 aromatic rings. The molecule has 36 heavy (non-hydrogen) atoms. The topological polar surface area (TPSA) is 105 Å². The van der Waals surface area contributed by atoms with Crippen molar-refractivity contribution < 1.29 is 31.8 Å². The summed E-state index contributed by atoms with van der Waals surface area (Å²) in [5.74, 6) is -2.16. The lowest BCUT2D eigenvalue weighted by Crippen LogP contribution is -2.53. The van der Waals surface area contributed by atoms with Gasteiger partial charge in [0.15, 0.2) is 0 Å². The number of carbonyl (C=O) groups is 1. The van der Waals surface area contributed by atoms with Crippen LogP contribution in [0.3, 0.4) is 0 Å². The molecule has 0 unspecified atom stereocenters. The number of hydrogen-bond donors (Lipinski definition) is 3. The van der Waals surface area contributed by atoms with E-state index in [-0.39, 0.29) is 27.5 Å². The highest BCUT2D eigenvalue weighted by Gasteiger charge is 2.44. The van der Waals surface area contributed by atoms with Crippen LogP contribution in [0.5, 0.6) is 5.75 Å². The molecular formula is C26H26F2N2O5S. The fraction of sp³-hybridized carbons (Fsp3) is 0.269. The summed E-state index contributed by atoms with van der Waals surface area (Å²) in [6, 6.07) is 12.3. The lowest BCUT2D eigenvalue weighted by Gasteiger charge is -2.42. The van der Waals surface area contributed by atoms with Crippen LogP contribution >= 0.6 is 0 Å². The molecule has 3 aromatic carbocycles. The van der Waals surface area contributed by atoms with Crippen molar-refractivity contribution in [2.75, 3.05) is 5.32 Å². The summed E-state index contributed by atoms with van der Waals surface area (Å²) in [5.41, 5.74) is -0.0934. The Kier molecular flexibility index (Phi) is 6.87. The van der Waals surface area contributed by atoms with E-state index >= 15 is 0 Å². The summed E-state index contributed by atoms with van der Waals surface area (Å²) in [6.45, 7) is 5.20. The smallest absolute Gasteiger partial charge is 0.255 e. The van der Waals surface area contributed by atoms with Gasteiger partial charge in [-0.1, -0.05) is 19.1 Å². The summed E-state index contributed by atoms with van der Waals surface area (Å²) < 4.78 is 62.0. The number of hydrogen-bond acceptors (Lipinski definition) is 5. The van der Waals surface area contributed by atoms with E-state index in [2.05, 4.69) is 10.0 Å². The van der Waals surface area contributed by atoms with Crippen LogP contribution in [0.4, 0.5) is 14.5 Å². The minimum atomic E-state index is -4.05. The van der Waals surface area contributed by atoms with Gasteiger partial charge < -0.3 is 15.2 Å². The Morgan fingerprint density at radius 3 is 2.39 bits per heavy atom. The molecule has 0 spiro atoms. The second-order valence-corrected chi connectivity index (χ2v) is 10.8. The van der Waals surface area contributed by atoms with Crippen LogP contribution < -0.4 is 14.8 Å². The Labute approximate surface area is 208 Å². The van der Waals surface area contributed by atoms with Gasteiger partial charge in [0.2, 0.25) is 10.0 Å². The first-order valence-corrected chi connectivity index (χ1v) is 12.8. The highest BCUT2D eigenvalue weighted by Crippen LogP contribution is 2.41. The third-order valence-corrected chi connectivity index (χ3v) is 7.57. The van der Waals surface area contributed by atoms with Crippen LogP contribution in [0, 0.1) is 11.6 Å². The Bertz CT molecular complexity index is 1410. The standard InChI is InChI=1S/C26H26F2N2O5S/c1-4-15-5-9-18(10-6-15)36(33,34)30-23-19-13-16(7-12-22(19)35-26(2,3)24(23)31)25(32)29-21-11-8-17(27)14-20(21)28/h5-14,23-24,30-31H,4H2,1-3H3,(H,29,32)/t23-,24+/m1/s1. The molecule has 0 saturated carbocycles. The third kappa shape index (κ3) is 5.11. The molecule has 1 aliphatic heterocycles. The molecule has 2 atom stereocenters. The number of benzene rings is 3. The van der Waals surface area contributed by atoms with E-state index in [0.29, 0.717) is 6.07 Å². The Morgan fingerprint density at radius 2 is 1.75 bits per heavy atom. The van der Waals surface area contributed by atoms with Crippen molar-refractivity contribution in [3.63, 3.8) is 0 Å². The summed E-state index contributed by atoms with van der Waals surface area (Å²) in [4.78, 5) is 12.8. The van der Waals surface area contributed by atoms with Gasteiger partial charge in [0.25, 0.3) is 5.91 Å². The molecule has 3 N–H and O–H groups in total. The number of nitrogens with one attached hydrogen (secondary N) is 2. The van der Waals surface area contributed by atoms with Crippen molar-refractivity contribution in [3.8, 4) is 5.75 Å². The molecule has 190 valence electrons. The summed E-state index contributed by atoms with van der Waals surface area (Å²) >= 11 is 0. The lowest BCUT2D eigenvalue weighted by molar-refractivity contribution is -0.0603. The van der Waals surface area contributed by atoms with Crippen molar-refractivity contribution in [1.29, 1.82) is 0 Å². The van der Waals surface area contributed by atoms with Crippen LogP contribution in [0.1, 0.15) is 48.3 Å². The SMILES string of the molecule is CCc1ccc(S(=O)(=O)N[C@@H]2c3cc(C(=O)Nc4ccc(F)cc4F)ccc3OC(C)(C)[C@H]2O)cc1. The Balaban J connectivity index is 1.68. The van der Waals surface area contributed by atoms with Gasteiger partial charge in [-0.3, -0.25) is 4.79 Å². The van der Waals surface area contributed by atoms with E-state index in [1.165, 1.54) is 30.3 Å². The largest absolute Gasteiger partial charge is 0.485 e. The number of sulfonamides is 1. The van der Waals surface area contributed by atoms with E-state index < -0.39 is 45.3 Å². The number of ether oxygens (including phenoxy) is 1. The molecule has 1 amide bonds. The van der Waals surface area contributed by atoms with Gasteiger partial charge in [-0.2, -0.15) is 0 Å². The van der Waals surface area contributed by atoms with Crippen molar-refractivity contribution in [3.05, 3.63) is 89.0 Å². The number of halogens is 2. The average Bonchev–Trinajstić information content (AvgIpc) is 2.83. The average molecular weight is 517 g/mol. The quantitative estimate of drug-likeness (QED) is 0.452. The van der Waals surface area contributed by atoms with Crippen molar-refractivity contribution in [2.45, 2.75) is 49.8 Å². The molecule has 10 heteroatoms. The number of amides is 1. The molecule has 7 nitrogen and oxygen atoms in total. The van der Waals surface area contributed by atoms with Crippen molar-refractivity contribution in [2.24, 2.45) is 0 Å². The molecule has 0 aliphatic carbocycles. The summed E-state index contributed by atoms with van der Waals surface area (Å²) in [5, 5.41) is 13.4. The maximum Gasteiger partial charge on any atom is 0.255 e. The zero-order valence-corrected chi connectivity index (χ0v) is 20.7. The van der Waals surface area contributed by atoms with Gasteiger partial charge in [0.05, 0.1) is 16.6 Å². The molecule has 0 radical (unpaired) electrons. The molecule has 1 aliphatic rings. The number of fused-ring (bicyclic) bond motifs is 1. The zero-order chi connectivity index (χ0) is 26.3. The lowest BCUT2D eigenvalue weighted by atomic mass is 9.86. The Morgan fingerprint density at radius 1 is 1.06 bits per heavy atom. The van der Waals surface area contributed by atoms with E-state index in [1.807, 2.05) is 6.92 Å². The van der Waals surface area contributed by atoms with Crippen LogP contribution in [0.25, 0.3) is 0 Å². The van der Waals surface area contributed by atoms with Crippen LogP contribution in [-0.4, -0.2) is 31.1 Å². The van der Waals surface area contributed by atoms with Crippen molar-refractivity contribution in [1.82, 2.24) is 4.72 Å². The predicted octanol–water partition coefficient (Wildman–Crippen LogP) is 4.33. The number of anilines is 1. The van der Waals surface area contributed by atoms with Crippen molar-refractivity contribution >= 4 is 21.6 Å². The second kappa shape index (κ2) is 9.61. The number of rotatable bonds is 6. The van der Waals surface area contributed by atoms with Gasteiger partial charge in [-0.25, -0.2) is 21.9 Å². The highest BCUT2D eigenvalue weighted by atomic mass is 32.2. The molecule has 0 aromatic heterocycles. The normalized spacial score (nSPS) is 18.7. The number of carbonyl (C=O) groups excluding carboxylic acids is 1. The predicted molar refractivity (Wildman–Crippen MR) is 130 cm³/mol. The van der Waals surface area contributed by atoms with Crippen LogP contribution in [-0.2, 0) is 16.4 Å². The first-order valence-electron chi connectivity index (χ1n) is 11.3. The number of aryl methyl sites for hydroxylation is 1. The first-order chi connectivity index (χ1) is 16.9. The van der Waals surface area contributed by atoms with Gasteiger partial charge in [0, 0.05) is 17.2 Å². The maximum absolute atomic E-state index is 14.0. The molecule has 0 saturated heterocycles. The third-order valence-electron chi connectivity index (χ3n) is 6.11. The number of aliphatic hydroxyl groups is 1. The van der Waals surface area contributed by atoms with E-state index in [4.69, 9.17) is 4.74 Å². The maximum atomic E-state index is 14.0. The van der Waals surface area contributed by atoms with Gasteiger partial charge in [-0.05, 0) is 68.3 Å². The monoisotopic (exact) mass is 516 g/mol. The molecule has 1 heterocycles. The van der Waals surface area contributed by atoms with E-state index in [0.717, 1.165) is 24.1 Å². The Hall–Kier alpha value is -3.34. The molecule has 4 rings (SSSR count). The molecule has 0 bridgehead atoms. The minimum absolute atomic E-state index is 0.0263. The van der Waals surface area contributed by atoms with Gasteiger partial charge in [-0.15, -0.1) is 0 Å². The van der Waals surface area contributed by atoms with Crippen LogP contribution in [0.2, 0.25) is 0 Å². The summed E-state index contributed by atoms with van der Waals surface area (Å²) in [7, 11) is -4.05. The minimum Gasteiger partial charge on any atom is -0.485 e. The zero-order valence-electron chi connectivity index (χ0n) is 19.9. The van der Waals surface area contributed by atoms with Gasteiger partial charge in [0.1, 0.15) is 29.1 Å². The highest BCUT2D eigenvalue weighted by molar-refractivity contribution is 7.89. The number of aliphatic hydroxyl groups excluding tert-OH is 1. The fourth-order valence-electron chi connectivity index (χ4n) is 3.99. The fourth-order valence-corrected chi connectivity index (χ4v) is 5.21. The van der Waals surface area contributed by atoms with Gasteiger partial charge >= 0.3 is 0 Å².